The van der Waals surface area contributed by atoms with Crippen LogP contribution in [-0.2, 0) is 10.7 Å². The molecule has 5 nitrogen and oxygen atoms in total. The number of ketones is 1. The number of para-hydroxylation sites is 1. The zero-order chi connectivity index (χ0) is 16.9. The van der Waals surface area contributed by atoms with Gasteiger partial charge in [-0.2, -0.15) is 8.78 Å². The number of carbonyl (C=O) groups is 2. The van der Waals surface area contributed by atoms with Crippen molar-refractivity contribution >= 4 is 11.7 Å². The molecule has 0 saturated heterocycles. The second-order valence-corrected chi connectivity index (χ2v) is 4.63. The largest absolute Gasteiger partial charge is 0.496 e. The molecule has 0 spiro atoms. The van der Waals surface area contributed by atoms with Gasteiger partial charge >= 0.3 is 5.92 Å². The molecule has 0 bridgehead atoms. The fourth-order valence-electron chi connectivity index (χ4n) is 1.90. The number of hydrogen-bond acceptors (Lipinski definition) is 4. The van der Waals surface area contributed by atoms with E-state index in [0.717, 1.165) is 6.07 Å². The van der Waals surface area contributed by atoms with Crippen LogP contribution in [0, 0.1) is 0 Å². The lowest BCUT2D eigenvalue weighted by Gasteiger charge is -2.16. The number of amides is 1. The zero-order valence-corrected chi connectivity index (χ0v) is 12.3. The molecule has 2 rings (SSSR count). The van der Waals surface area contributed by atoms with Crippen LogP contribution in [0.4, 0.5) is 8.78 Å². The number of halogens is 2. The number of hydrogen-bond donors (Lipinski definition) is 1. The van der Waals surface area contributed by atoms with E-state index in [9.17, 15) is 18.4 Å². The first-order valence-electron chi connectivity index (χ1n) is 6.70. The molecule has 1 amide bonds. The van der Waals surface area contributed by atoms with Gasteiger partial charge in [0.25, 0.3) is 11.7 Å². The Bertz CT molecular complexity index is 705. The first-order valence-corrected chi connectivity index (χ1v) is 6.70. The molecule has 0 aliphatic heterocycles. The van der Waals surface area contributed by atoms with Crippen LogP contribution in [0.25, 0.3) is 0 Å². The highest BCUT2D eigenvalue weighted by molar-refractivity contribution is 6.43. The fourth-order valence-corrected chi connectivity index (χ4v) is 1.90. The summed E-state index contributed by atoms with van der Waals surface area (Å²) in [4.78, 5) is 27.4. The molecule has 7 heteroatoms. The molecule has 1 aromatic heterocycles. The van der Waals surface area contributed by atoms with E-state index in [1.165, 1.54) is 37.6 Å². The Morgan fingerprint density at radius 1 is 1.17 bits per heavy atom. The molecule has 1 N–H and O–H groups in total. The molecule has 0 unspecified atom stereocenters. The van der Waals surface area contributed by atoms with Gasteiger partial charge < -0.3 is 10.1 Å². The molecule has 1 heterocycles. The number of nitrogens with one attached hydrogen (secondary N) is 1. The Balaban J connectivity index is 2.06. The molecular formula is C16H14F2N2O3. The van der Waals surface area contributed by atoms with Gasteiger partial charge in [-0.05, 0) is 24.3 Å². The fraction of sp³-hybridized carbons (Fsp3) is 0.188. The highest BCUT2D eigenvalue weighted by Gasteiger charge is 2.34. The van der Waals surface area contributed by atoms with Crippen LogP contribution in [0.3, 0.4) is 0 Å². The Morgan fingerprint density at radius 2 is 1.87 bits per heavy atom. The van der Waals surface area contributed by atoms with E-state index in [1.807, 2.05) is 5.32 Å². The summed E-state index contributed by atoms with van der Waals surface area (Å²) in [5.74, 6) is -5.26. The maximum absolute atomic E-state index is 13.9. The Hall–Kier alpha value is -2.83. The van der Waals surface area contributed by atoms with Gasteiger partial charge in [-0.1, -0.05) is 18.2 Å². The Labute approximate surface area is 131 Å². The third-order valence-electron chi connectivity index (χ3n) is 3.07. The standard InChI is InChI=1S/C16H14F2N2O3/c1-23-12-7-3-2-6-11(12)14(21)15(22)20-10-16(17,18)13-8-4-5-9-19-13/h2-9H,10H2,1H3,(H,20,22). The molecule has 1 aromatic carbocycles. The quantitative estimate of drug-likeness (QED) is 0.654. The average molecular weight is 320 g/mol. The topological polar surface area (TPSA) is 68.3 Å². The van der Waals surface area contributed by atoms with Crippen LogP contribution in [-0.4, -0.2) is 30.3 Å². The van der Waals surface area contributed by atoms with Gasteiger partial charge in [-0.3, -0.25) is 14.6 Å². The lowest BCUT2D eigenvalue weighted by Crippen LogP contribution is -2.39. The van der Waals surface area contributed by atoms with Crippen molar-refractivity contribution < 1.29 is 23.1 Å². The minimum atomic E-state index is -3.38. The molecule has 0 aliphatic rings. The smallest absolute Gasteiger partial charge is 0.306 e. The third kappa shape index (κ3) is 3.88. The second kappa shape index (κ2) is 6.95. The second-order valence-electron chi connectivity index (χ2n) is 4.63. The van der Waals surface area contributed by atoms with E-state index in [0.29, 0.717) is 0 Å². The predicted octanol–water partition coefficient (Wildman–Crippen LogP) is 2.18. The maximum Gasteiger partial charge on any atom is 0.306 e. The van der Waals surface area contributed by atoms with E-state index < -0.39 is 29.9 Å². The Kier molecular flexibility index (Phi) is 5.00. The van der Waals surface area contributed by atoms with E-state index in [2.05, 4.69) is 4.98 Å². The zero-order valence-electron chi connectivity index (χ0n) is 12.3. The van der Waals surface area contributed by atoms with Gasteiger partial charge in [-0.15, -0.1) is 0 Å². The maximum atomic E-state index is 13.9. The summed E-state index contributed by atoms with van der Waals surface area (Å²) < 4.78 is 32.8. The summed E-state index contributed by atoms with van der Waals surface area (Å²) in [7, 11) is 1.35. The minimum absolute atomic E-state index is 0.00801. The monoisotopic (exact) mass is 320 g/mol. The number of pyridine rings is 1. The van der Waals surface area contributed by atoms with Gasteiger partial charge in [0.1, 0.15) is 11.4 Å². The molecule has 2 aromatic rings. The number of benzene rings is 1. The SMILES string of the molecule is COc1ccccc1C(=O)C(=O)NCC(F)(F)c1ccccn1. The van der Waals surface area contributed by atoms with Crippen LogP contribution in [0.1, 0.15) is 16.1 Å². The van der Waals surface area contributed by atoms with Crippen molar-refractivity contribution in [1.82, 2.24) is 10.3 Å². The average Bonchev–Trinajstić information content (AvgIpc) is 2.59. The van der Waals surface area contributed by atoms with Crippen LogP contribution >= 0.6 is 0 Å². The molecule has 23 heavy (non-hydrogen) atoms. The number of rotatable bonds is 6. The molecule has 0 radical (unpaired) electrons. The van der Waals surface area contributed by atoms with Crippen LogP contribution in [0.2, 0.25) is 0 Å². The summed E-state index contributed by atoms with van der Waals surface area (Å²) >= 11 is 0. The number of aromatic nitrogens is 1. The summed E-state index contributed by atoms with van der Waals surface area (Å²) in [6, 6.07) is 10.1. The van der Waals surface area contributed by atoms with Crippen LogP contribution in [0.5, 0.6) is 5.75 Å². The van der Waals surface area contributed by atoms with Crippen molar-refractivity contribution in [2.75, 3.05) is 13.7 Å². The van der Waals surface area contributed by atoms with E-state index >= 15 is 0 Å². The molecular weight excluding hydrogens is 306 g/mol. The number of nitrogens with zero attached hydrogens (tertiary/aromatic N) is 1. The molecule has 0 atom stereocenters. The number of ether oxygens (including phenoxy) is 1. The minimum Gasteiger partial charge on any atom is -0.496 e. The van der Waals surface area contributed by atoms with Crippen LogP contribution in [0.15, 0.2) is 48.7 Å². The number of methoxy groups -OCH3 is 1. The molecule has 0 aliphatic carbocycles. The van der Waals surface area contributed by atoms with Gasteiger partial charge in [0.05, 0.1) is 19.2 Å². The number of alkyl halides is 2. The normalized spacial score (nSPS) is 10.9. The highest BCUT2D eigenvalue weighted by atomic mass is 19.3. The lowest BCUT2D eigenvalue weighted by atomic mass is 10.1. The van der Waals surface area contributed by atoms with Crippen LogP contribution < -0.4 is 10.1 Å². The van der Waals surface area contributed by atoms with Gasteiger partial charge in [0.15, 0.2) is 0 Å². The summed E-state index contributed by atoms with van der Waals surface area (Å²) in [6.07, 6.45) is 1.23. The van der Waals surface area contributed by atoms with E-state index in [-0.39, 0.29) is 11.3 Å². The van der Waals surface area contributed by atoms with Gasteiger partial charge in [0.2, 0.25) is 0 Å². The number of carbonyl (C=O) groups excluding carboxylic acids is 2. The van der Waals surface area contributed by atoms with Crippen molar-refractivity contribution in [2.45, 2.75) is 5.92 Å². The molecule has 0 fully saturated rings. The van der Waals surface area contributed by atoms with Crippen molar-refractivity contribution in [2.24, 2.45) is 0 Å². The van der Waals surface area contributed by atoms with Gasteiger partial charge in [-0.25, -0.2) is 0 Å². The van der Waals surface area contributed by atoms with Gasteiger partial charge in [0, 0.05) is 6.20 Å². The molecule has 120 valence electrons. The van der Waals surface area contributed by atoms with Crippen molar-refractivity contribution in [3.8, 4) is 5.75 Å². The summed E-state index contributed by atoms with van der Waals surface area (Å²) in [6.45, 7) is -1.02. The third-order valence-corrected chi connectivity index (χ3v) is 3.07. The predicted molar refractivity (Wildman–Crippen MR) is 78.5 cm³/mol. The van der Waals surface area contributed by atoms with Crippen molar-refractivity contribution in [3.63, 3.8) is 0 Å². The van der Waals surface area contributed by atoms with E-state index in [4.69, 9.17) is 4.74 Å². The first-order chi connectivity index (χ1) is 11.0. The van der Waals surface area contributed by atoms with Crippen molar-refractivity contribution in [1.29, 1.82) is 0 Å². The summed E-state index contributed by atoms with van der Waals surface area (Å²) in [5.41, 5.74) is -0.473. The first kappa shape index (κ1) is 16.5. The molecule has 0 saturated carbocycles. The highest BCUT2D eigenvalue weighted by Crippen LogP contribution is 2.25. The summed E-state index contributed by atoms with van der Waals surface area (Å²) in [5, 5.41) is 1.94. The Morgan fingerprint density at radius 3 is 2.52 bits per heavy atom. The van der Waals surface area contributed by atoms with E-state index in [1.54, 1.807) is 12.1 Å². The van der Waals surface area contributed by atoms with Crippen molar-refractivity contribution in [3.05, 3.63) is 59.9 Å². The lowest BCUT2D eigenvalue weighted by molar-refractivity contribution is -0.119. The number of Topliss-reactive ketones (excluding diaryl/α,β-unsaturated/α-hetero) is 1.